The van der Waals surface area contributed by atoms with Crippen LogP contribution in [0.2, 0.25) is 0 Å². The van der Waals surface area contributed by atoms with Crippen LogP contribution in [-0.4, -0.2) is 44.5 Å². The molecule has 0 aromatic carbocycles. The Morgan fingerprint density at radius 3 is 2.89 bits per heavy atom. The average molecular weight is 249 g/mol. The maximum absolute atomic E-state index is 9.54. The fraction of sp³-hybridized carbons (Fsp3) is 0.500. The van der Waals surface area contributed by atoms with Gasteiger partial charge in [-0.1, -0.05) is 0 Å². The van der Waals surface area contributed by atoms with Crippen LogP contribution in [-0.2, 0) is 0 Å². The molecule has 8 nitrogen and oxygen atoms in total. The number of aliphatic hydroxyl groups is 1. The quantitative estimate of drug-likeness (QED) is 0.422. The highest BCUT2D eigenvalue weighted by atomic mass is 16.3. The third-order valence-electron chi connectivity index (χ3n) is 3.18. The molecule has 18 heavy (non-hydrogen) atoms. The number of hydrogen-bond acceptors (Lipinski definition) is 7. The number of aromatic nitrogens is 4. The number of piperidine rings is 1. The van der Waals surface area contributed by atoms with Gasteiger partial charge in [0, 0.05) is 13.1 Å². The van der Waals surface area contributed by atoms with Crippen molar-refractivity contribution in [1.29, 1.82) is 0 Å². The van der Waals surface area contributed by atoms with Gasteiger partial charge in [0.1, 0.15) is 5.82 Å². The van der Waals surface area contributed by atoms with Crippen molar-refractivity contribution >= 4 is 22.8 Å². The molecule has 0 saturated carbocycles. The van der Waals surface area contributed by atoms with Crippen molar-refractivity contribution in [3.63, 3.8) is 0 Å². The molecule has 3 rings (SSSR count). The van der Waals surface area contributed by atoms with Gasteiger partial charge in [-0.2, -0.15) is 15.1 Å². The molecule has 2 aromatic rings. The SMILES string of the molecule is NNc1nc(N2CCC(O)CC2)c2cn[nH]c2n1. The molecule has 1 fully saturated rings. The van der Waals surface area contributed by atoms with E-state index >= 15 is 0 Å². The Labute approximate surface area is 103 Å². The van der Waals surface area contributed by atoms with Gasteiger partial charge in [-0.05, 0) is 12.8 Å². The van der Waals surface area contributed by atoms with Crippen LogP contribution in [0.1, 0.15) is 12.8 Å². The molecule has 8 heteroatoms. The van der Waals surface area contributed by atoms with E-state index in [4.69, 9.17) is 5.84 Å². The third-order valence-corrected chi connectivity index (χ3v) is 3.18. The first-order chi connectivity index (χ1) is 8.78. The number of hydrogen-bond donors (Lipinski definition) is 4. The zero-order valence-corrected chi connectivity index (χ0v) is 9.80. The van der Waals surface area contributed by atoms with Crippen LogP contribution < -0.4 is 16.2 Å². The average Bonchev–Trinajstić information content (AvgIpc) is 2.86. The molecule has 0 aliphatic carbocycles. The number of aromatic amines is 1. The monoisotopic (exact) mass is 249 g/mol. The summed E-state index contributed by atoms with van der Waals surface area (Å²) >= 11 is 0. The van der Waals surface area contributed by atoms with Gasteiger partial charge in [-0.3, -0.25) is 10.5 Å². The molecular formula is C10H15N7O. The van der Waals surface area contributed by atoms with Gasteiger partial charge in [0.25, 0.3) is 0 Å². The highest BCUT2D eigenvalue weighted by molar-refractivity contribution is 5.87. The van der Waals surface area contributed by atoms with E-state index in [2.05, 4.69) is 30.5 Å². The molecule has 2 aromatic heterocycles. The fourth-order valence-corrected chi connectivity index (χ4v) is 2.20. The maximum Gasteiger partial charge on any atom is 0.241 e. The molecule has 0 atom stereocenters. The van der Waals surface area contributed by atoms with E-state index in [1.807, 2.05) is 0 Å². The second kappa shape index (κ2) is 4.39. The lowest BCUT2D eigenvalue weighted by Crippen LogP contribution is -2.36. The van der Waals surface area contributed by atoms with Gasteiger partial charge in [0.15, 0.2) is 5.65 Å². The topological polar surface area (TPSA) is 116 Å². The largest absolute Gasteiger partial charge is 0.393 e. The highest BCUT2D eigenvalue weighted by Gasteiger charge is 2.21. The number of nitrogens with two attached hydrogens (primary N) is 1. The number of nitrogens with zero attached hydrogens (tertiary/aromatic N) is 4. The lowest BCUT2D eigenvalue weighted by Gasteiger charge is -2.30. The van der Waals surface area contributed by atoms with Gasteiger partial charge in [-0.15, -0.1) is 0 Å². The molecule has 96 valence electrons. The van der Waals surface area contributed by atoms with Gasteiger partial charge in [-0.25, -0.2) is 5.84 Å². The Morgan fingerprint density at radius 2 is 2.17 bits per heavy atom. The maximum atomic E-state index is 9.54. The van der Waals surface area contributed by atoms with E-state index in [0.29, 0.717) is 11.6 Å². The Morgan fingerprint density at radius 1 is 1.39 bits per heavy atom. The zero-order valence-electron chi connectivity index (χ0n) is 9.80. The summed E-state index contributed by atoms with van der Waals surface area (Å²) in [5, 5.41) is 17.2. The summed E-state index contributed by atoms with van der Waals surface area (Å²) < 4.78 is 0. The standard InChI is InChI=1S/C10H15N7O/c11-15-10-13-8-7(5-12-16-8)9(14-10)17-3-1-6(18)2-4-17/h5-6,18H,1-4,11H2,(H2,12,13,14,15,16). The molecule has 0 radical (unpaired) electrons. The van der Waals surface area contributed by atoms with Crippen LogP contribution in [0.5, 0.6) is 0 Å². The lowest BCUT2D eigenvalue weighted by atomic mass is 10.1. The minimum absolute atomic E-state index is 0.213. The summed E-state index contributed by atoms with van der Waals surface area (Å²) in [5.41, 5.74) is 3.10. The lowest BCUT2D eigenvalue weighted by molar-refractivity contribution is 0.145. The Kier molecular flexibility index (Phi) is 2.73. The van der Waals surface area contributed by atoms with Crippen molar-refractivity contribution in [1.82, 2.24) is 20.2 Å². The molecular weight excluding hydrogens is 234 g/mol. The molecule has 1 aliphatic heterocycles. The van der Waals surface area contributed by atoms with Gasteiger partial charge in [0.2, 0.25) is 5.95 Å². The van der Waals surface area contributed by atoms with Crippen molar-refractivity contribution < 1.29 is 5.11 Å². The molecule has 0 bridgehead atoms. The fourth-order valence-electron chi connectivity index (χ4n) is 2.20. The van der Waals surface area contributed by atoms with Gasteiger partial charge < -0.3 is 10.0 Å². The summed E-state index contributed by atoms with van der Waals surface area (Å²) in [5.74, 6) is 6.52. The van der Waals surface area contributed by atoms with E-state index < -0.39 is 0 Å². The summed E-state index contributed by atoms with van der Waals surface area (Å²) in [6, 6.07) is 0. The number of fused-ring (bicyclic) bond motifs is 1. The first-order valence-electron chi connectivity index (χ1n) is 5.88. The molecule has 0 amide bonds. The number of anilines is 2. The molecule has 0 spiro atoms. The van der Waals surface area contributed by atoms with E-state index in [-0.39, 0.29) is 6.10 Å². The molecule has 1 aliphatic rings. The minimum atomic E-state index is -0.213. The predicted octanol–water partition coefficient (Wildman–Crippen LogP) is -0.400. The minimum Gasteiger partial charge on any atom is -0.393 e. The van der Waals surface area contributed by atoms with Crippen LogP contribution in [0.15, 0.2) is 6.20 Å². The number of hydrazine groups is 1. The van der Waals surface area contributed by atoms with Crippen LogP contribution in [0.25, 0.3) is 11.0 Å². The van der Waals surface area contributed by atoms with Crippen LogP contribution in [0.3, 0.4) is 0 Å². The second-order valence-corrected chi connectivity index (χ2v) is 4.37. The number of rotatable bonds is 2. The zero-order chi connectivity index (χ0) is 12.5. The van der Waals surface area contributed by atoms with Gasteiger partial charge in [0.05, 0.1) is 17.7 Å². The van der Waals surface area contributed by atoms with Crippen molar-refractivity contribution in [2.75, 3.05) is 23.4 Å². The smallest absolute Gasteiger partial charge is 0.241 e. The molecule has 3 heterocycles. The van der Waals surface area contributed by atoms with E-state index in [9.17, 15) is 5.11 Å². The molecule has 0 unspecified atom stereocenters. The summed E-state index contributed by atoms with van der Waals surface area (Å²) in [6.45, 7) is 1.53. The molecule has 1 saturated heterocycles. The third kappa shape index (κ3) is 1.85. The van der Waals surface area contributed by atoms with Gasteiger partial charge >= 0.3 is 0 Å². The second-order valence-electron chi connectivity index (χ2n) is 4.37. The van der Waals surface area contributed by atoms with Crippen molar-refractivity contribution in [3.05, 3.63) is 6.20 Å². The van der Waals surface area contributed by atoms with Crippen molar-refractivity contribution in [3.8, 4) is 0 Å². The van der Waals surface area contributed by atoms with E-state index in [1.54, 1.807) is 6.20 Å². The Bertz CT molecular complexity index is 546. The van der Waals surface area contributed by atoms with Crippen molar-refractivity contribution in [2.45, 2.75) is 18.9 Å². The number of nitrogens with one attached hydrogen (secondary N) is 2. The first kappa shape index (κ1) is 11.2. The Balaban J connectivity index is 2.01. The summed E-state index contributed by atoms with van der Waals surface area (Å²) in [4.78, 5) is 10.7. The normalized spacial score (nSPS) is 17.3. The highest BCUT2D eigenvalue weighted by Crippen LogP contribution is 2.26. The van der Waals surface area contributed by atoms with E-state index in [1.165, 1.54) is 0 Å². The Hall–Kier alpha value is -1.93. The molecule has 5 N–H and O–H groups in total. The van der Waals surface area contributed by atoms with E-state index in [0.717, 1.165) is 37.1 Å². The van der Waals surface area contributed by atoms with Crippen LogP contribution in [0, 0.1) is 0 Å². The number of aliphatic hydroxyl groups excluding tert-OH is 1. The summed E-state index contributed by atoms with van der Waals surface area (Å²) in [7, 11) is 0. The van der Waals surface area contributed by atoms with Crippen molar-refractivity contribution in [2.24, 2.45) is 5.84 Å². The number of H-pyrrole nitrogens is 1. The summed E-state index contributed by atoms with van der Waals surface area (Å²) in [6.07, 6.45) is 2.98. The first-order valence-corrected chi connectivity index (χ1v) is 5.88. The predicted molar refractivity (Wildman–Crippen MR) is 66.9 cm³/mol. The van der Waals surface area contributed by atoms with Crippen LogP contribution >= 0.6 is 0 Å². The van der Waals surface area contributed by atoms with Crippen LogP contribution in [0.4, 0.5) is 11.8 Å². The number of nitrogen functional groups attached to an aromatic ring is 1.